The Labute approximate surface area is 108 Å². The van der Waals surface area contributed by atoms with E-state index in [9.17, 15) is 0 Å². The highest BCUT2D eigenvalue weighted by molar-refractivity contribution is 9.09. The monoisotopic (exact) mass is 280 g/mol. The number of alkyl halides is 1. The molecule has 1 aromatic carbocycles. The van der Waals surface area contributed by atoms with Gasteiger partial charge in [0, 0.05) is 4.83 Å². The molecule has 2 rings (SSSR count). The first-order chi connectivity index (χ1) is 7.83. The molecule has 88 valence electrons. The van der Waals surface area contributed by atoms with Gasteiger partial charge in [0.05, 0.1) is 0 Å². The van der Waals surface area contributed by atoms with Crippen LogP contribution in [0.3, 0.4) is 0 Å². The summed E-state index contributed by atoms with van der Waals surface area (Å²) in [6, 6.07) is 9.04. The van der Waals surface area contributed by atoms with E-state index in [0.29, 0.717) is 4.83 Å². The fourth-order valence-corrected chi connectivity index (χ4v) is 3.82. The molecule has 0 spiro atoms. The molecule has 2 unspecified atom stereocenters. The van der Waals surface area contributed by atoms with Crippen molar-refractivity contribution in [2.24, 2.45) is 0 Å². The van der Waals surface area contributed by atoms with Crippen molar-refractivity contribution in [3.8, 4) is 0 Å². The smallest absolute Gasteiger partial charge is 0.0214 e. The molecule has 0 amide bonds. The van der Waals surface area contributed by atoms with E-state index in [0.717, 1.165) is 5.92 Å². The second kappa shape index (κ2) is 5.86. The lowest BCUT2D eigenvalue weighted by atomic mass is 9.88. The van der Waals surface area contributed by atoms with E-state index in [4.69, 9.17) is 0 Å². The lowest BCUT2D eigenvalue weighted by molar-refractivity contribution is 0.553. The van der Waals surface area contributed by atoms with Crippen molar-refractivity contribution in [3.05, 3.63) is 35.4 Å². The molecule has 16 heavy (non-hydrogen) atoms. The highest BCUT2D eigenvalue weighted by Gasteiger charge is 2.23. The fourth-order valence-electron chi connectivity index (χ4n) is 2.81. The summed E-state index contributed by atoms with van der Waals surface area (Å²) in [5, 5.41) is 0. The maximum absolute atomic E-state index is 3.90. The first-order valence-corrected chi connectivity index (χ1v) is 7.46. The van der Waals surface area contributed by atoms with Crippen LogP contribution in [0.5, 0.6) is 0 Å². The zero-order valence-corrected chi connectivity index (χ0v) is 11.7. The number of fused-ring (bicyclic) bond motifs is 1. The third-order valence-corrected chi connectivity index (χ3v) is 4.76. The van der Waals surface area contributed by atoms with Gasteiger partial charge in [0.15, 0.2) is 0 Å². The van der Waals surface area contributed by atoms with Crippen LogP contribution in [0.25, 0.3) is 0 Å². The van der Waals surface area contributed by atoms with E-state index in [-0.39, 0.29) is 0 Å². The molecule has 0 radical (unpaired) electrons. The zero-order valence-electron chi connectivity index (χ0n) is 10.1. The normalized spacial score (nSPS) is 22.2. The second-order valence-electron chi connectivity index (χ2n) is 4.86. The first kappa shape index (κ1) is 12.2. The third-order valence-electron chi connectivity index (χ3n) is 3.67. The summed E-state index contributed by atoms with van der Waals surface area (Å²) in [6.07, 6.45) is 7.93. The van der Waals surface area contributed by atoms with E-state index < -0.39 is 0 Å². The van der Waals surface area contributed by atoms with Crippen molar-refractivity contribution in [3.63, 3.8) is 0 Å². The van der Waals surface area contributed by atoms with Gasteiger partial charge in [-0.2, -0.15) is 0 Å². The lowest BCUT2D eigenvalue weighted by Gasteiger charge is -2.23. The number of halogens is 1. The quantitative estimate of drug-likeness (QED) is 0.536. The van der Waals surface area contributed by atoms with Crippen LogP contribution in [0, 0.1) is 0 Å². The Bertz CT molecular complexity index is 332. The molecular weight excluding hydrogens is 260 g/mol. The second-order valence-corrected chi connectivity index (χ2v) is 6.03. The molecule has 0 aromatic heterocycles. The van der Waals surface area contributed by atoms with Crippen LogP contribution >= 0.6 is 15.9 Å². The predicted octanol–water partition coefficient (Wildman–Crippen LogP) is 5.06. The van der Waals surface area contributed by atoms with Crippen LogP contribution < -0.4 is 0 Å². The lowest BCUT2D eigenvalue weighted by Crippen LogP contribution is -2.12. The first-order valence-electron chi connectivity index (χ1n) is 6.54. The fraction of sp³-hybridized carbons (Fsp3) is 0.600. The zero-order chi connectivity index (χ0) is 11.4. The van der Waals surface area contributed by atoms with Crippen molar-refractivity contribution in [2.75, 3.05) is 0 Å². The van der Waals surface area contributed by atoms with Gasteiger partial charge in [0.2, 0.25) is 0 Å². The summed E-state index contributed by atoms with van der Waals surface area (Å²) >= 11 is 3.90. The average Bonchev–Trinajstić information content (AvgIpc) is 2.51. The minimum atomic E-state index is 0.664. The summed E-state index contributed by atoms with van der Waals surface area (Å²) < 4.78 is 0. The minimum absolute atomic E-state index is 0.664. The topological polar surface area (TPSA) is 0 Å². The Kier molecular flexibility index (Phi) is 4.45. The van der Waals surface area contributed by atoms with Gasteiger partial charge >= 0.3 is 0 Å². The minimum Gasteiger partial charge on any atom is -0.0884 e. The molecular formula is C15H21Br. The van der Waals surface area contributed by atoms with Crippen molar-refractivity contribution >= 4 is 15.9 Å². The summed E-state index contributed by atoms with van der Waals surface area (Å²) in [5.74, 6) is 0.735. The van der Waals surface area contributed by atoms with Gasteiger partial charge in [0.25, 0.3) is 0 Å². The largest absolute Gasteiger partial charge is 0.0884 e. The van der Waals surface area contributed by atoms with Crippen LogP contribution in [0.2, 0.25) is 0 Å². The molecule has 0 aliphatic heterocycles. The summed E-state index contributed by atoms with van der Waals surface area (Å²) in [6.45, 7) is 2.27. The van der Waals surface area contributed by atoms with Crippen molar-refractivity contribution in [1.29, 1.82) is 0 Å². The van der Waals surface area contributed by atoms with Crippen molar-refractivity contribution in [1.82, 2.24) is 0 Å². The molecule has 0 nitrogen and oxygen atoms in total. The highest BCUT2D eigenvalue weighted by atomic mass is 79.9. The van der Waals surface area contributed by atoms with E-state index in [1.54, 1.807) is 11.1 Å². The molecule has 1 aromatic rings. The van der Waals surface area contributed by atoms with Gasteiger partial charge in [-0.25, -0.2) is 0 Å². The number of aryl methyl sites for hydroxylation is 1. The summed E-state index contributed by atoms with van der Waals surface area (Å²) in [7, 11) is 0. The van der Waals surface area contributed by atoms with Gasteiger partial charge in [-0.1, -0.05) is 60.0 Å². The Balaban J connectivity index is 2.25. The van der Waals surface area contributed by atoms with Crippen LogP contribution in [0.15, 0.2) is 24.3 Å². The molecule has 0 saturated heterocycles. The van der Waals surface area contributed by atoms with Gasteiger partial charge in [-0.3, -0.25) is 0 Å². The average molecular weight is 281 g/mol. The molecule has 0 fully saturated rings. The maximum atomic E-state index is 3.90. The molecule has 0 bridgehead atoms. The standard InChI is InChI=1S/C15H21Br/c1-2-7-15(16)14-11-6-4-9-12-8-3-5-10-13(12)14/h3,5,8,10,14-15H,2,4,6-7,9,11H2,1H3. The summed E-state index contributed by atoms with van der Waals surface area (Å²) in [4.78, 5) is 0.664. The molecule has 1 heteroatoms. The highest BCUT2D eigenvalue weighted by Crippen LogP contribution is 2.37. The maximum Gasteiger partial charge on any atom is 0.0214 e. The van der Waals surface area contributed by atoms with Crippen molar-refractivity contribution < 1.29 is 0 Å². The van der Waals surface area contributed by atoms with Crippen LogP contribution in [0.4, 0.5) is 0 Å². The number of hydrogen-bond acceptors (Lipinski definition) is 0. The Hall–Kier alpha value is -0.300. The SMILES string of the molecule is CCCC(Br)C1CCCCc2ccccc21. The van der Waals surface area contributed by atoms with E-state index in [1.165, 1.54) is 38.5 Å². The van der Waals surface area contributed by atoms with Crippen LogP contribution in [-0.4, -0.2) is 4.83 Å². The summed E-state index contributed by atoms with van der Waals surface area (Å²) in [5.41, 5.74) is 3.20. The van der Waals surface area contributed by atoms with Gasteiger partial charge in [0.1, 0.15) is 0 Å². The Morgan fingerprint density at radius 3 is 2.94 bits per heavy atom. The van der Waals surface area contributed by atoms with E-state index in [2.05, 4.69) is 47.1 Å². The van der Waals surface area contributed by atoms with E-state index in [1.807, 2.05) is 0 Å². The van der Waals surface area contributed by atoms with Gasteiger partial charge < -0.3 is 0 Å². The molecule has 1 aliphatic carbocycles. The van der Waals surface area contributed by atoms with Gasteiger partial charge in [-0.05, 0) is 42.7 Å². The predicted molar refractivity (Wildman–Crippen MR) is 74.4 cm³/mol. The van der Waals surface area contributed by atoms with Crippen molar-refractivity contribution in [2.45, 2.75) is 56.2 Å². The number of rotatable bonds is 3. The van der Waals surface area contributed by atoms with E-state index >= 15 is 0 Å². The number of hydrogen-bond donors (Lipinski definition) is 0. The molecule has 0 heterocycles. The van der Waals surface area contributed by atoms with Crippen LogP contribution in [0.1, 0.15) is 56.1 Å². The van der Waals surface area contributed by atoms with Crippen LogP contribution in [-0.2, 0) is 6.42 Å². The van der Waals surface area contributed by atoms with Gasteiger partial charge in [-0.15, -0.1) is 0 Å². The Morgan fingerprint density at radius 2 is 2.12 bits per heavy atom. The molecule has 0 saturated carbocycles. The third kappa shape index (κ3) is 2.68. The molecule has 1 aliphatic rings. The Morgan fingerprint density at radius 1 is 1.31 bits per heavy atom. The number of benzene rings is 1. The molecule has 2 atom stereocenters. The molecule has 0 N–H and O–H groups in total.